The molecule has 0 saturated carbocycles. The van der Waals surface area contributed by atoms with Crippen molar-refractivity contribution in [2.24, 2.45) is 0 Å². The molecule has 0 unspecified atom stereocenters. The molecule has 1 aromatic heterocycles. The molecule has 1 aromatic carbocycles. The van der Waals surface area contributed by atoms with E-state index in [1.807, 2.05) is 37.4 Å². The number of hydrogen-bond donors (Lipinski definition) is 1. The van der Waals surface area contributed by atoms with Gasteiger partial charge in [-0.2, -0.15) is 0 Å². The molecule has 0 atom stereocenters. The van der Waals surface area contributed by atoms with Gasteiger partial charge < -0.3 is 10.1 Å². The Hall–Kier alpha value is -1.10. The maximum Gasteiger partial charge on any atom is 0.238 e. The van der Waals surface area contributed by atoms with Crippen molar-refractivity contribution < 1.29 is 4.74 Å². The summed E-state index contributed by atoms with van der Waals surface area (Å²) in [5.41, 5.74) is 1.02. The van der Waals surface area contributed by atoms with Crippen LogP contribution in [0.15, 0.2) is 41.0 Å². The summed E-state index contributed by atoms with van der Waals surface area (Å²) in [5, 5.41) is 3.55. The number of nitrogens with zero attached hydrogens (tertiary/aromatic N) is 1. The number of nitrogens with one attached hydrogen (secondary N) is 1. The second kappa shape index (κ2) is 6.18. The van der Waals surface area contributed by atoms with E-state index in [4.69, 9.17) is 16.3 Å². The Morgan fingerprint density at radius 1 is 1.33 bits per heavy atom. The van der Waals surface area contributed by atoms with Crippen molar-refractivity contribution in [2.75, 3.05) is 7.05 Å². The lowest BCUT2D eigenvalue weighted by Crippen LogP contribution is -2.05. The second-order valence-corrected chi connectivity index (χ2v) is 5.04. The van der Waals surface area contributed by atoms with Gasteiger partial charge in [-0.1, -0.05) is 27.5 Å². The largest absolute Gasteiger partial charge is 0.438 e. The van der Waals surface area contributed by atoms with Crippen molar-refractivity contribution in [3.05, 3.63) is 51.6 Å². The number of aromatic nitrogens is 1. The van der Waals surface area contributed by atoms with Crippen LogP contribution in [0.1, 0.15) is 5.56 Å². The summed E-state index contributed by atoms with van der Waals surface area (Å²) in [6.45, 7) is 0.727. The zero-order chi connectivity index (χ0) is 13.0. The van der Waals surface area contributed by atoms with E-state index < -0.39 is 0 Å². The summed E-state index contributed by atoms with van der Waals surface area (Å²) in [5.74, 6) is 1.12. The molecule has 94 valence electrons. The number of hydrogen-bond acceptors (Lipinski definition) is 3. The predicted octanol–water partition coefficient (Wildman–Crippen LogP) is 4.01. The fraction of sp³-hybridized carbons (Fsp3) is 0.154. The van der Waals surface area contributed by atoms with Gasteiger partial charge in [0.2, 0.25) is 5.88 Å². The average molecular weight is 328 g/mol. The molecule has 0 aliphatic carbocycles. The van der Waals surface area contributed by atoms with Crippen LogP contribution < -0.4 is 10.1 Å². The lowest BCUT2D eigenvalue weighted by Gasteiger charge is -2.08. The summed E-state index contributed by atoms with van der Waals surface area (Å²) >= 11 is 9.49. The highest BCUT2D eigenvalue weighted by molar-refractivity contribution is 9.10. The Morgan fingerprint density at radius 3 is 2.67 bits per heavy atom. The molecule has 0 bridgehead atoms. The van der Waals surface area contributed by atoms with Crippen molar-refractivity contribution in [2.45, 2.75) is 6.54 Å². The first-order valence-corrected chi connectivity index (χ1v) is 6.58. The smallest absolute Gasteiger partial charge is 0.238 e. The molecule has 2 rings (SSSR count). The Kier molecular flexibility index (Phi) is 4.58. The van der Waals surface area contributed by atoms with Gasteiger partial charge in [0.1, 0.15) is 10.8 Å². The number of ether oxygens (including phenoxy) is 1. The van der Waals surface area contributed by atoms with Gasteiger partial charge >= 0.3 is 0 Å². The Bertz CT molecular complexity index is 531. The van der Waals surface area contributed by atoms with Crippen molar-refractivity contribution in [3.8, 4) is 11.6 Å². The van der Waals surface area contributed by atoms with Gasteiger partial charge in [-0.3, -0.25) is 0 Å². The van der Waals surface area contributed by atoms with E-state index >= 15 is 0 Å². The molecule has 1 N–H and O–H groups in total. The number of benzene rings is 1. The van der Waals surface area contributed by atoms with Crippen LogP contribution in [-0.2, 0) is 6.54 Å². The molecular formula is C13H12BrClN2O. The van der Waals surface area contributed by atoms with Crippen LogP contribution in [0.3, 0.4) is 0 Å². The van der Waals surface area contributed by atoms with Crippen molar-refractivity contribution in [1.82, 2.24) is 10.3 Å². The summed E-state index contributed by atoms with van der Waals surface area (Å²) in [4.78, 5) is 4.21. The first-order valence-electron chi connectivity index (χ1n) is 5.41. The van der Waals surface area contributed by atoms with Crippen LogP contribution in [0, 0.1) is 0 Å². The number of pyridine rings is 1. The molecule has 18 heavy (non-hydrogen) atoms. The lowest BCUT2D eigenvalue weighted by molar-refractivity contribution is 0.462. The topological polar surface area (TPSA) is 34.2 Å². The van der Waals surface area contributed by atoms with Crippen LogP contribution in [0.25, 0.3) is 0 Å². The van der Waals surface area contributed by atoms with Gasteiger partial charge in [0.25, 0.3) is 0 Å². The highest BCUT2D eigenvalue weighted by Crippen LogP contribution is 2.28. The third-order valence-electron chi connectivity index (χ3n) is 2.27. The maximum absolute atomic E-state index is 6.12. The minimum Gasteiger partial charge on any atom is -0.438 e. The van der Waals surface area contributed by atoms with E-state index in [1.165, 1.54) is 0 Å². The Balaban J connectivity index is 2.16. The minimum absolute atomic E-state index is 0.416. The molecular weight excluding hydrogens is 316 g/mol. The van der Waals surface area contributed by atoms with Crippen LogP contribution in [0.4, 0.5) is 0 Å². The van der Waals surface area contributed by atoms with Crippen LogP contribution in [-0.4, -0.2) is 12.0 Å². The van der Waals surface area contributed by atoms with Crippen LogP contribution in [0.5, 0.6) is 11.6 Å². The van der Waals surface area contributed by atoms with E-state index in [9.17, 15) is 0 Å². The van der Waals surface area contributed by atoms with Gasteiger partial charge in [-0.15, -0.1) is 0 Å². The SMILES string of the molecule is CNCc1cnc(Oc2ccc(Br)cc2)c(Cl)c1. The fourth-order valence-electron chi connectivity index (χ4n) is 1.46. The highest BCUT2D eigenvalue weighted by Gasteiger charge is 2.06. The third kappa shape index (κ3) is 3.45. The van der Waals surface area contributed by atoms with Crippen molar-refractivity contribution in [1.29, 1.82) is 0 Å². The van der Waals surface area contributed by atoms with Gasteiger partial charge in [0, 0.05) is 17.2 Å². The fourth-order valence-corrected chi connectivity index (χ4v) is 1.95. The molecule has 1 heterocycles. The minimum atomic E-state index is 0.416. The van der Waals surface area contributed by atoms with Crippen molar-refractivity contribution >= 4 is 27.5 Å². The van der Waals surface area contributed by atoms with Crippen molar-refractivity contribution in [3.63, 3.8) is 0 Å². The molecule has 2 aromatic rings. The van der Waals surface area contributed by atoms with Gasteiger partial charge in [0.15, 0.2) is 0 Å². The molecule has 0 aliphatic rings. The molecule has 0 amide bonds. The molecule has 3 nitrogen and oxygen atoms in total. The zero-order valence-corrected chi connectivity index (χ0v) is 12.1. The molecule has 0 saturated heterocycles. The van der Waals surface area contributed by atoms with E-state index in [0.29, 0.717) is 16.7 Å². The van der Waals surface area contributed by atoms with Gasteiger partial charge in [-0.05, 0) is 42.9 Å². The average Bonchev–Trinajstić information content (AvgIpc) is 2.36. The summed E-state index contributed by atoms with van der Waals surface area (Å²) in [6.07, 6.45) is 1.75. The summed E-state index contributed by atoms with van der Waals surface area (Å²) < 4.78 is 6.61. The summed E-state index contributed by atoms with van der Waals surface area (Å²) in [6, 6.07) is 9.35. The Morgan fingerprint density at radius 2 is 2.06 bits per heavy atom. The molecule has 5 heteroatoms. The third-order valence-corrected chi connectivity index (χ3v) is 3.07. The quantitative estimate of drug-likeness (QED) is 0.921. The predicted molar refractivity (Wildman–Crippen MR) is 76.2 cm³/mol. The maximum atomic E-state index is 6.12. The van der Waals surface area contributed by atoms with E-state index in [0.717, 1.165) is 16.6 Å². The molecule has 0 fully saturated rings. The molecule has 0 radical (unpaired) electrons. The van der Waals surface area contributed by atoms with Gasteiger partial charge in [-0.25, -0.2) is 4.98 Å². The summed E-state index contributed by atoms with van der Waals surface area (Å²) in [7, 11) is 1.88. The van der Waals surface area contributed by atoms with E-state index in [1.54, 1.807) is 6.20 Å². The van der Waals surface area contributed by atoms with E-state index in [2.05, 4.69) is 26.2 Å². The van der Waals surface area contributed by atoms with Crippen LogP contribution in [0.2, 0.25) is 5.02 Å². The monoisotopic (exact) mass is 326 g/mol. The second-order valence-electron chi connectivity index (χ2n) is 3.72. The first-order chi connectivity index (χ1) is 8.69. The first kappa shape index (κ1) is 13.3. The van der Waals surface area contributed by atoms with Gasteiger partial charge in [0.05, 0.1) is 0 Å². The lowest BCUT2D eigenvalue weighted by atomic mass is 10.3. The standard InChI is InChI=1S/C13H12BrClN2O/c1-16-7-9-6-12(15)13(17-8-9)18-11-4-2-10(14)3-5-11/h2-6,8,16H,7H2,1H3. The normalized spacial score (nSPS) is 10.4. The number of halogens is 2. The zero-order valence-electron chi connectivity index (χ0n) is 9.78. The van der Waals surface area contributed by atoms with E-state index in [-0.39, 0.29) is 0 Å². The Labute approximate surface area is 119 Å². The molecule has 0 aliphatic heterocycles. The van der Waals surface area contributed by atoms with Crippen LogP contribution >= 0.6 is 27.5 Å². The number of rotatable bonds is 4. The molecule has 0 spiro atoms. The highest BCUT2D eigenvalue weighted by atomic mass is 79.9.